The monoisotopic (exact) mass is 401 g/mol. The topological polar surface area (TPSA) is 77.5 Å². The summed E-state index contributed by atoms with van der Waals surface area (Å²) in [6.07, 6.45) is 5.54. The van der Waals surface area contributed by atoms with Crippen molar-refractivity contribution >= 4 is 27.5 Å². The Hall–Kier alpha value is -2.61. The molecule has 0 aromatic carbocycles. The number of carbonyl (C=O) groups is 1. The summed E-state index contributed by atoms with van der Waals surface area (Å²) in [5.74, 6) is 0.458. The highest BCUT2D eigenvalue weighted by Gasteiger charge is 2.26. The van der Waals surface area contributed by atoms with Crippen molar-refractivity contribution in [3.05, 3.63) is 56.4 Å². The van der Waals surface area contributed by atoms with Gasteiger partial charge in [0.1, 0.15) is 17.0 Å². The summed E-state index contributed by atoms with van der Waals surface area (Å²) >= 11 is 1.28. The molecule has 0 bridgehead atoms. The van der Waals surface area contributed by atoms with E-state index < -0.39 is 5.69 Å². The van der Waals surface area contributed by atoms with Crippen LogP contribution in [0.1, 0.15) is 38.4 Å². The van der Waals surface area contributed by atoms with Gasteiger partial charge in [0, 0.05) is 12.6 Å². The molecule has 148 valence electrons. The van der Waals surface area contributed by atoms with E-state index in [1.807, 2.05) is 4.90 Å². The number of thiophene rings is 1. The third-order valence-electron chi connectivity index (χ3n) is 5.44. The van der Waals surface area contributed by atoms with Gasteiger partial charge in [0.15, 0.2) is 0 Å². The summed E-state index contributed by atoms with van der Waals surface area (Å²) < 4.78 is 8.36. The fourth-order valence-electron chi connectivity index (χ4n) is 3.96. The number of hydrogen-bond acceptors (Lipinski definition) is 5. The first-order valence-electron chi connectivity index (χ1n) is 9.63. The van der Waals surface area contributed by atoms with Gasteiger partial charge in [0.25, 0.3) is 5.56 Å². The van der Waals surface area contributed by atoms with Gasteiger partial charge in [0.05, 0.1) is 18.3 Å². The Morgan fingerprint density at radius 1 is 1.25 bits per heavy atom. The van der Waals surface area contributed by atoms with E-state index in [9.17, 15) is 14.4 Å². The molecule has 3 aromatic rings. The molecule has 1 saturated heterocycles. The zero-order valence-electron chi connectivity index (χ0n) is 15.8. The van der Waals surface area contributed by atoms with E-state index in [-0.39, 0.29) is 30.6 Å². The summed E-state index contributed by atoms with van der Waals surface area (Å²) in [4.78, 5) is 40.8. The van der Waals surface area contributed by atoms with E-state index in [0.29, 0.717) is 16.0 Å². The number of aromatic nitrogens is 2. The molecule has 0 spiro atoms. The molecule has 1 fully saturated rings. The van der Waals surface area contributed by atoms with Crippen LogP contribution in [-0.4, -0.2) is 32.5 Å². The van der Waals surface area contributed by atoms with Crippen LogP contribution in [-0.2, 0) is 17.9 Å². The number of amides is 1. The SMILES string of the molecule is CC[C@H]1CCCCN1C(=O)Cn1c(=O)n(Cc2ccco2)c(=O)c2sccc21. The van der Waals surface area contributed by atoms with Crippen LogP contribution >= 0.6 is 11.3 Å². The van der Waals surface area contributed by atoms with Gasteiger partial charge in [-0.25, -0.2) is 4.79 Å². The second kappa shape index (κ2) is 7.79. The molecule has 28 heavy (non-hydrogen) atoms. The number of hydrogen-bond donors (Lipinski definition) is 0. The van der Waals surface area contributed by atoms with Crippen molar-refractivity contribution in [3.63, 3.8) is 0 Å². The largest absolute Gasteiger partial charge is 0.467 e. The van der Waals surface area contributed by atoms with Crippen molar-refractivity contribution in [1.82, 2.24) is 14.0 Å². The van der Waals surface area contributed by atoms with Crippen molar-refractivity contribution in [1.29, 1.82) is 0 Å². The smallest absolute Gasteiger partial charge is 0.332 e. The van der Waals surface area contributed by atoms with Gasteiger partial charge in [-0.05, 0) is 49.3 Å². The zero-order valence-corrected chi connectivity index (χ0v) is 16.6. The molecule has 4 rings (SSSR count). The molecule has 8 heteroatoms. The maximum atomic E-state index is 13.1. The summed E-state index contributed by atoms with van der Waals surface area (Å²) in [6.45, 7) is 2.81. The number of likely N-dealkylation sites (tertiary alicyclic amines) is 1. The Kier molecular flexibility index (Phi) is 5.21. The average Bonchev–Trinajstić information content (AvgIpc) is 3.40. The van der Waals surface area contributed by atoms with E-state index in [1.165, 1.54) is 22.2 Å². The molecule has 0 aliphatic carbocycles. The van der Waals surface area contributed by atoms with Crippen LogP contribution < -0.4 is 11.2 Å². The Morgan fingerprint density at radius 3 is 2.86 bits per heavy atom. The van der Waals surface area contributed by atoms with Crippen LogP contribution in [0.4, 0.5) is 0 Å². The van der Waals surface area contributed by atoms with E-state index in [2.05, 4.69) is 6.92 Å². The minimum absolute atomic E-state index is 0.0496. The number of nitrogens with zero attached hydrogens (tertiary/aromatic N) is 3. The van der Waals surface area contributed by atoms with Crippen molar-refractivity contribution < 1.29 is 9.21 Å². The first-order chi connectivity index (χ1) is 13.6. The highest BCUT2D eigenvalue weighted by Crippen LogP contribution is 2.21. The van der Waals surface area contributed by atoms with Gasteiger partial charge in [-0.3, -0.25) is 18.7 Å². The van der Waals surface area contributed by atoms with Gasteiger partial charge in [-0.2, -0.15) is 0 Å². The van der Waals surface area contributed by atoms with Gasteiger partial charge in [-0.15, -0.1) is 11.3 Å². The molecule has 1 aliphatic heterocycles. The Labute approximate surface area is 165 Å². The van der Waals surface area contributed by atoms with E-state index in [4.69, 9.17) is 4.42 Å². The average molecular weight is 401 g/mol. The lowest BCUT2D eigenvalue weighted by atomic mass is 10.00. The number of furan rings is 1. The highest BCUT2D eigenvalue weighted by atomic mass is 32.1. The van der Waals surface area contributed by atoms with Gasteiger partial charge < -0.3 is 9.32 Å². The van der Waals surface area contributed by atoms with Crippen LogP contribution in [0.5, 0.6) is 0 Å². The van der Waals surface area contributed by atoms with Crippen molar-refractivity contribution in [2.75, 3.05) is 6.54 Å². The van der Waals surface area contributed by atoms with Crippen LogP contribution in [0.2, 0.25) is 0 Å². The summed E-state index contributed by atoms with van der Waals surface area (Å²) in [6, 6.07) is 5.40. The third kappa shape index (κ3) is 3.32. The Morgan fingerprint density at radius 2 is 2.11 bits per heavy atom. The van der Waals surface area contributed by atoms with Crippen molar-refractivity contribution in [3.8, 4) is 0 Å². The lowest BCUT2D eigenvalue weighted by molar-refractivity contribution is -0.135. The van der Waals surface area contributed by atoms with Crippen LogP contribution in [0, 0.1) is 0 Å². The molecule has 1 atom stereocenters. The molecule has 1 aliphatic rings. The van der Waals surface area contributed by atoms with Crippen molar-refractivity contribution in [2.45, 2.75) is 51.7 Å². The van der Waals surface area contributed by atoms with Crippen molar-refractivity contribution in [2.24, 2.45) is 0 Å². The third-order valence-corrected chi connectivity index (χ3v) is 6.33. The first kappa shape index (κ1) is 18.7. The summed E-state index contributed by atoms with van der Waals surface area (Å²) in [5, 5.41) is 1.78. The molecule has 3 aromatic heterocycles. The molecule has 4 heterocycles. The normalized spacial score (nSPS) is 17.3. The second-order valence-corrected chi connectivity index (χ2v) is 8.04. The number of piperidine rings is 1. The van der Waals surface area contributed by atoms with E-state index >= 15 is 0 Å². The maximum absolute atomic E-state index is 13.1. The number of rotatable bonds is 5. The number of carbonyl (C=O) groups excluding carboxylic acids is 1. The number of fused-ring (bicyclic) bond motifs is 1. The Bertz CT molecular complexity index is 1090. The molecule has 0 N–H and O–H groups in total. The van der Waals surface area contributed by atoms with Crippen LogP contribution in [0.3, 0.4) is 0 Å². The molecule has 0 unspecified atom stereocenters. The van der Waals surface area contributed by atoms with Gasteiger partial charge in [0.2, 0.25) is 5.91 Å². The fraction of sp³-hybridized carbons (Fsp3) is 0.450. The fourth-order valence-corrected chi connectivity index (χ4v) is 4.81. The summed E-state index contributed by atoms with van der Waals surface area (Å²) in [7, 11) is 0. The van der Waals surface area contributed by atoms with Gasteiger partial charge in [-0.1, -0.05) is 6.92 Å². The van der Waals surface area contributed by atoms with E-state index in [1.54, 1.807) is 23.6 Å². The standard InChI is InChI=1S/C20H23N3O4S/c1-2-14-6-3-4-9-21(14)17(24)13-22-16-8-11-28-18(16)19(25)23(20(22)26)12-15-7-5-10-27-15/h5,7-8,10-11,14H,2-4,6,9,12-13H2,1H3/t14-/m0/s1. The predicted octanol–water partition coefficient (Wildman–Crippen LogP) is 2.66. The van der Waals surface area contributed by atoms with Gasteiger partial charge >= 0.3 is 5.69 Å². The molecule has 1 amide bonds. The predicted molar refractivity (Wildman–Crippen MR) is 108 cm³/mol. The molecule has 0 radical (unpaired) electrons. The maximum Gasteiger partial charge on any atom is 0.332 e. The minimum atomic E-state index is -0.481. The van der Waals surface area contributed by atoms with Crippen LogP contribution in [0.25, 0.3) is 10.2 Å². The van der Waals surface area contributed by atoms with Crippen LogP contribution in [0.15, 0.2) is 43.8 Å². The van der Waals surface area contributed by atoms with E-state index in [0.717, 1.165) is 36.8 Å². The summed E-state index contributed by atoms with van der Waals surface area (Å²) in [5.41, 5.74) is -0.306. The molecule has 7 nitrogen and oxygen atoms in total. The molecular weight excluding hydrogens is 378 g/mol. The lowest BCUT2D eigenvalue weighted by Gasteiger charge is -2.35. The molecule has 0 saturated carbocycles. The Balaban J connectivity index is 1.74. The second-order valence-electron chi connectivity index (χ2n) is 7.12. The minimum Gasteiger partial charge on any atom is -0.467 e. The highest BCUT2D eigenvalue weighted by molar-refractivity contribution is 7.17. The zero-order chi connectivity index (χ0) is 19.7. The molecular formula is C20H23N3O4S. The quantitative estimate of drug-likeness (QED) is 0.659. The lowest BCUT2D eigenvalue weighted by Crippen LogP contribution is -2.47. The first-order valence-corrected chi connectivity index (χ1v) is 10.5.